The van der Waals surface area contributed by atoms with Crippen LogP contribution < -0.4 is 0 Å². The monoisotopic (exact) mass is 177 g/mol. The molecule has 0 N–H and O–H groups in total. The fourth-order valence-electron chi connectivity index (χ4n) is 0. The molecule has 5 heteroatoms. The molecule has 4 nitrogen and oxygen atoms in total. The zero-order valence-electron chi connectivity index (χ0n) is 2.55. The van der Waals surface area contributed by atoms with Gasteiger partial charge in [0.05, 0.1) is 0 Å². The first-order valence-corrected chi connectivity index (χ1v) is 1.50. The second-order valence-electron chi connectivity index (χ2n) is 0.151. The van der Waals surface area contributed by atoms with E-state index < -0.39 is 0 Å². The van der Waals surface area contributed by atoms with Gasteiger partial charge in [0.2, 0.25) is 0 Å². The Labute approximate surface area is 46.0 Å². The molecule has 0 aromatic heterocycles. The van der Waals surface area contributed by atoms with Gasteiger partial charge in [-0.2, -0.15) is 0 Å². The number of hydrogen-bond acceptors (Lipinski definition) is 1. The zero-order valence-corrected chi connectivity index (χ0v) is 4.03. The molecule has 0 spiro atoms. The van der Waals surface area contributed by atoms with Gasteiger partial charge in [0, 0.05) is 0 Å². The van der Waals surface area contributed by atoms with E-state index in [2.05, 4.69) is 20.6 Å². The molecule has 0 aromatic rings. The van der Waals surface area contributed by atoms with E-state index in [1.54, 1.807) is 0 Å². The van der Waals surface area contributed by atoms with Crippen molar-refractivity contribution in [1.29, 1.82) is 0 Å². The minimum atomic E-state index is 1.31. The van der Waals surface area contributed by atoms with Crippen LogP contribution in [0.1, 0.15) is 0 Å². The number of carbonyl (C=O) groups excluding carboxylic acids is 1. The van der Waals surface area contributed by atoms with Gasteiger partial charge >= 0.3 is 29.5 Å². The van der Waals surface area contributed by atoms with Gasteiger partial charge in [0.25, 0.3) is 0 Å². The molecule has 0 atom stereocenters. The van der Waals surface area contributed by atoms with Crippen LogP contribution >= 0.6 is 0 Å². The minimum absolute atomic E-state index is 1.31. The normalized spacial score (nSPS) is 3.00. The Morgan fingerprint density at radius 2 is 1.67 bits per heavy atom. The summed E-state index contributed by atoms with van der Waals surface area (Å²) in [6.07, 6.45) is 0. The average molecular weight is 178 g/mol. The van der Waals surface area contributed by atoms with Crippen LogP contribution in [-0.2, 0) is 25.4 Å². The van der Waals surface area contributed by atoms with Gasteiger partial charge in [-0.1, -0.05) is 0 Å². The van der Waals surface area contributed by atoms with Gasteiger partial charge in [0.1, 0.15) is 0 Å². The molecule has 0 aromatic carbocycles. The van der Waals surface area contributed by atoms with Gasteiger partial charge in [-0.05, 0) is 0 Å². The maximum atomic E-state index is 8.60. The molecule has 0 aliphatic rings. The Morgan fingerprint density at radius 3 is 1.67 bits per heavy atom. The van der Waals surface area contributed by atoms with Crippen LogP contribution in [0.15, 0.2) is 0 Å². The van der Waals surface area contributed by atoms with Crippen molar-refractivity contribution in [2.45, 2.75) is 0 Å². The Balaban J connectivity index is 0. The first kappa shape index (κ1) is 9.16. The molecule has 0 rings (SSSR count). The summed E-state index contributed by atoms with van der Waals surface area (Å²) in [4.78, 5) is 10.1. The summed E-state index contributed by atoms with van der Waals surface area (Å²) in [7, 11) is 0. The fourth-order valence-corrected chi connectivity index (χ4v) is 0. The smallest absolute Gasteiger partial charge is 0.255 e. The predicted octanol–water partition coefficient (Wildman–Crippen LogP) is 0.467. The largest absolute Gasteiger partial charge is 0.373 e. The molecule has 0 saturated heterocycles. The Kier molecular flexibility index (Phi) is 35.0. The third-order valence-corrected chi connectivity index (χ3v) is 0. The van der Waals surface area contributed by atoms with Crippen LogP contribution in [0.5, 0.6) is 0 Å². The molecular weight excluding hydrogens is 178 g/mol. The van der Waals surface area contributed by atoms with Gasteiger partial charge in [0.15, 0.2) is 0 Å². The molecule has 0 saturated carbocycles. The van der Waals surface area contributed by atoms with Crippen molar-refractivity contribution < 1.29 is 25.4 Å². The van der Waals surface area contributed by atoms with E-state index in [0.717, 1.165) is 0 Å². The Bertz CT molecular complexity index is 64.8. The molecule has 0 amide bonds. The summed E-state index contributed by atoms with van der Waals surface area (Å²) < 4.78 is 1.31. The van der Waals surface area contributed by atoms with E-state index in [0.29, 0.717) is 0 Å². The summed E-state index contributed by atoms with van der Waals surface area (Å²) in [5.41, 5.74) is 13.5. The van der Waals surface area contributed by atoms with Crippen molar-refractivity contribution in [1.82, 2.24) is 0 Å². The summed E-state index contributed by atoms with van der Waals surface area (Å²) in [5.74, 6) is 0. The van der Waals surface area contributed by atoms with E-state index >= 15 is 0 Å². The molecule has 0 aliphatic carbocycles. The standard InChI is InChI=1S/CO.Ag.N3/c1-2;;1-3-2/q;;-1. The summed E-state index contributed by atoms with van der Waals surface area (Å²) in [6, 6.07) is 0. The molecule has 0 bridgehead atoms. The van der Waals surface area contributed by atoms with Gasteiger partial charge in [-0.3, -0.25) is 4.91 Å². The van der Waals surface area contributed by atoms with Gasteiger partial charge in [-0.25, -0.2) is 0 Å². The van der Waals surface area contributed by atoms with Crippen LogP contribution in [0.4, 0.5) is 0 Å². The quantitative estimate of drug-likeness (QED) is 0.230. The first-order valence-electron chi connectivity index (χ1n) is 0.755. The molecular formula is CAgN3O-. The maximum absolute atomic E-state index is 8.60. The van der Waals surface area contributed by atoms with E-state index in [-0.39, 0.29) is 0 Å². The topological polar surface area (TPSA) is 75.8 Å². The van der Waals surface area contributed by atoms with Crippen molar-refractivity contribution in [3.63, 3.8) is 0 Å². The number of rotatable bonds is 0. The summed E-state index contributed by atoms with van der Waals surface area (Å²) >= 11 is 2.35. The molecule has 0 fully saturated rings. The maximum Gasteiger partial charge on any atom is -0.255 e. The van der Waals surface area contributed by atoms with Crippen molar-refractivity contribution >= 4 is 4.09 Å². The Morgan fingerprint density at radius 1 is 1.67 bits per heavy atom. The van der Waals surface area contributed by atoms with E-state index in [1.807, 2.05) is 0 Å². The average Bonchev–Trinajstić information content (AvgIpc) is 1.39. The number of hydrogen-bond donors (Lipinski definition) is 0. The molecule has 0 heterocycles. The summed E-state index contributed by atoms with van der Waals surface area (Å²) in [5, 5.41) is 0. The van der Waals surface area contributed by atoms with Crippen molar-refractivity contribution in [3.05, 3.63) is 16.0 Å². The van der Waals surface area contributed by atoms with E-state index in [1.165, 1.54) is 9.00 Å². The molecule has 0 aliphatic heterocycles. The molecule has 6 heavy (non-hydrogen) atoms. The number of nitrogens with zero attached hydrogens (tertiary/aromatic N) is 3. The third kappa shape index (κ3) is 184. The van der Waals surface area contributed by atoms with Crippen LogP contribution in [0, 0.1) is 0 Å². The molecule has 37 valence electrons. The summed E-state index contributed by atoms with van der Waals surface area (Å²) in [6.45, 7) is 0. The van der Waals surface area contributed by atoms with Crippen LogP contribution in [0.3, 0.4) is 0 Å². The fraction of sp³-hybridized carbons (Fsp3) is 0. The SMILES string of the molecule is O=[C]=[Ag].[N-]=[N+]=[N-]. The van der Waals surface area contributed by atoms with Gasteiger partial charge in [-0.15, -0.1) is 0 Å². The van der Waals surface area contributed by atoms with Gasteiger partial charge < -0.3 is 11.1 Å². The van der Waals surface area contributed by atoms with Crippen LogP contribution in [-0.4, -0.2) is 4.09 Å². The second kappa shape index (κ2) is 23.0. The third-order valence-electron chi connectivity index (χ3n) is 0. The van der Waals surface area contributed by atoms with Crippen LogP contribution in [0.2, 0.25) is 0 Å². The van der Waals surface area contributed by atoms with E-state index in [4.69, 9.17) is 15.9 Å². The van der Waals surface area contributed by atoms with Crippen molar-refractivity contribution in [3.8, 4) is 0 Å². The first-order chi connectivity index (χ1) is 2.83. The van der Waals surface area contributed by atoms with Crippen molar-refractivity contribution in [2.24, 2.45) is 0 Å². The minimum Gasteiger partial charge on any atom is -0.373 e. The molecule has 0 unspecified atom stereocenters. The second-order valence-corrected chi connectivity index (χ2v) is 0.454. The van der Waals surface area contributed by atoms with Crippen LogP contribution in [0.25, 0.3) is 16.0 Å². The Hall–Kier alpha value is -0.370. The predicted molar refractivity (Wildman–Crippen MR) is 15.8 cm³/mol. The van der Waals surface area contributed by atoms with Crippen molar-refractivity contribution in [2.75, 3.05) is 0 Å². The van der Waals surface area contributed by atoms with E-state index in [9.17, 15) is 0 Å². The molecule has 0 radical (unpaired) electrons. The zero-order chi connectivity index (χ0) is 5.41.